The van der Waals surface area contributed by atoms with Gasteiger partial charge in [-0.15, -0.1) is 0 Å². The number of carbonyl (C=O) groups is 4. The second-order valence-electron chi connectivity index (χ2n) is 8.52. The highest BCUT2D eigenvalue weighted by Crippen LogP contribution is 2.29. The van der Waals surface area contributed by atoms with Crippen molar-refractivity contribution in [2.24, 2.45) is 0 Å². The molecule has 0 bridgehead atoms. The number of carbonyl (C=O) groups excluding carboxylic acids is 4. The molecule has 3 amide bonds. The molecule has 12 nitrogen and oxygen atoms in total. The van der Waals surface area contributed by atoms with Crippen molar-refractivity contribution >= 4 is 23.5 Å². The number of nitrogens with zero attached hydrogens (tertiary/aromatic N) is 1. The van der Waals surface area contributed by atoms with Crippen LogP contribution in [-0.2, 0) is 35.0 Å². The number of rotatable bonds is 14. The van der Waals surface area contributed by atoms with Crippen LogP contribution in [0.4, 0.5) is 0 Å². The summed E-state index contributed by atoms with van der Waals surface area (Å²) in [6.45, 7) is 1.60. The number of amides is 3. The summed E-state index contributed by atoms with van der Waals surface area (Å²) in [5, 5.41) is 11.3. The fraction of sp³-hybridized carbons (Fsp3) is 0.458. The standard InChI is InChI=1S/C24H30N4O8/c1-24(14-35-24)20(29)17(11-15-7-5-4-6-8-15)25-22(31)18(12-33-2)27-23(32)19(13-34-3)26-21(30)16-9-10-36-28-16/h4-10,17-19H,11-14H2,1-3H3,(H,25,31)(H,26,30)(H,27,32)/t17?,18-,19?,24?/m0/s1. The Morgan fingerprint density at radius 1 is 0.944 bits per heavy atom. The maximum Gasteiger partial charge on any atom is 0.274 e. The molecule has 3 unspecified atom stereocenters. The number of hydrogen-bond donors (Lipinski definition) is 3. The summed E-state index contributed by atoms with van der Waals surface area (Å²) < 4.78 is 20.1. The number of hydrogen-bond acceptors (Lipinski definition) is 9. The SMILES string of the molecule is COCC(NC(=O)c1ccon1)C(=O)N[C@@H](COC)C(=O)NC(Cc1ccccc1)C(=O)C1(C)CO1. The molecule has 1 aliphatic heterocycles. The first-order valence-corrected chi connectivity index (χ1v) is 11.3. The zero-order chi connectivity index (χ0) is 26.1. The Hall–Kier alpha value is -3.61. The molecule has 0 aliphatic carbocycles. The van der Waals surface area contributed by atoms with Gasteiger partial charge in [0.1, 0.15) is 23.9 Å². The molecule has 1 saturated heterocycles. The predicted octanol–water partition coefficient (Wildman–Crippen LogP) is -0.364. The second kappa shape index (κ2) is 12.4. The van der Waals surface area contributed by atoms with Gasteiger partial charge >= 0.3 is 0 Å². The summed E-state index contributed by atoms with van der Waals surface area (Å²) in [6, 6.07) is 7.41. The van der Waals surface area contributed by atoms with Gasteiger partial charge in [0.05, 0.1) is 25.9 Å². The molecule has 1 aromatic heterocycles. The van der Waals surface area contributed by atoms with Crippen LogP contribution in [0.3, 0.4) is 0 Å². The first-order valence-electron chi connectivity index (χ1n) is 11.3. The van der Waals surface area contributed by atoms with Crippen molar-refractivity contribution in [3.63, 3.8) is 0 Å². The van der Waals surface area contributed by atoms with Gasteiger partial charge in [-0.2, -0.15) is 0 Å². The summed E-state index contributed by atoms with van der Waals surface area (Å²) in [6.07, 6.45) is 1.47. The number of ether oxygens (including phenoxy) is 3. The topological polar surface area (TPSA) is 161 Å². The van der Waals surface area contributed by atoms with Crippen LogP contribution in [0.1, 0.15) is 23.0 Å². The Bertz CT molecular complexity index is 1040. The van der Waals surface area contributed by atoms with Crippen molar-refractivity contribution in [2.75, 3.05) is 34.0 Å². The van der Waals surface area contributed by atoms with Crippen molar-refractivity contribution in [2.45, 2.75) is 37.1 Å². The van der Waals surface area contributed by atoms with Crippen LogP contribution in [0.15, 0.2) is 47.2 Å². The van der Waals surface area contributed by atoms with Gasteiger partial charge < -0.3 is 34.7 Å². The quantitative estimate of drug-likeness (QED) is 0.293. The van der Waals surface area contributed by atoms with Gasteiger partial charge in [0.2, 0.25) is 11.8 Å². The average molecular weight is 503 g/mol. The number of epoxide rings is 1. The van der Waals surface area contributed by atoms with Gasteiger partial charge in [-0.3, -0.25) is 19.2 Å². The number of ketones is 1. The van der Waals surface area contributed by atoms with E-state index in [-0.39, 0.29) is 37.7 Å². The Morgan fingerprint density at radius 3 is 2.06 bits per heavy atom. The van der Waals surface area contributed by atoms with Gasteiger partial charge in [-0.05, 0) is 18.9 Å². The molecule has 194 valence electrons. The zero-order valence-electron chi connectivity index (χ0n) is 20.3. The van der Waals surface area contributed by atoms with Gasteiger partial charge in [0.15, 0.2) is 11.5 Å². The molecule has 0 spiro atoms. The van der Waals surface area contributed by atoms with Crippen LogP contribution in [-0.4, -0.2) is 86.4 Å². The summed E-state index contributed by atoms with van der Waals surface area (Å²) in [7, 11) is 2.74. The molecular weight excluding hydrogens is 472 g/mol. The molecule has 3 rings (SSSR count). The monoisotopic (exact) mass is 502 g/mol. The number of nitrogens with one attached hydrogen (secondary N) is 3. The molecule has 1 aromatic carbocycles. The van der Waals surface area contributed by atoms with Crippen LogP contribution < -0.4 is 16.0 Å². The van der Waals surface area contributed by atoms with Crippen LogP contribution in [0, 0.1) is 0 Å². The molecule has 0 radical (unpaired) electrons. The normalized spacial score (nSPS) is 19.0. The third kappa shape index (κ3) is 7.20. The van der Waals surface area contributed by atoms with E-state index in [4.69, 9.17) is 14.2 Å². The van der Waals surface area contributed by atoms with Gasteiger partial charge in [0, 0.05) is 20.3 Å². The van der Waals surface area contributed by atoms with E-state index < -0.39 is 41.4 Å². The highest BCUT2D eigenvalue weighted by atomic mass is 16.6. The first kappa shape index (κ1) is 27.0. The summed E-state index contributed by atoms with van der Waals surface area (Å²) in [5.41, 5.74) is -0.126. The van der Waals surface area contributed by atoms with E-state index in [0.29, 0.717) is 0 Å². The average Bonchev–Trinajstić information content (AvgIpc) is 3.38. The van der Waals surface area contributed by atoms with Gasteiger partial charge in [0.25, 0.3) is 5.91 Å². The lowest BCUT2D eigenvalue weighted by atomic mass is 9.94. The second-order valence-corrected chi connectivity index (χ2v) is 8.52. The number of methoxy groups -OCH3 is 2. The predicted molar refractivity (Wildman–Crippen MR) is 125 cm³/mol. The number of Topliss-reactive ketones (excluding diaryl/α,β-unsaturated/α-hetero) is 1. The number of aromatic nitrogens is 1. The van der Waals surface area contributed by atoms with Crippen LogP contribution in [0.25, 0.3) is 0 Å². The summed E-state index contributed by atoms with van der Waals surface area (Å²) in [4.78, 5) is 51.5. The Labute approximate surface area is 208 Å². The molecule has 0 saturated carbocycles. The van der Waals surface area contributed by atoms with Crippen LogP contribution >= 0.6 is 0 Å². The Balaban J connectivity index is 1.70. The molecule has 1 aliphatic rings. The van der Waals surface area contributed by atoms with Crippen molar-refractivity contribution in [3.8, 4) is 0 Å². The minimum absolute atomic E-state index is 0.0202. The van der Waals surface area contributed by atoms with E-state index in [1.807, 2.05) is 30.3 Å². The molecule has 2 heterocycles. The molecule has 36 heavy (non-hydrogen) atoms. The van der Waals surface area contributed by atoms with Gasteiger partial charge in [-0.1, -0.05) is 35.5 Å². The molecular formula is C24H30N4O8. The van der Waals surface area contributed by atoms with Gasteiger partial charge in [-0.25, -0.2) is 0 Å². The minimum atomic E-state index is -1.15. The minimum Gasteiger partial charge on any atom is -0.382 e. The highest BCUT2D eigenvalue weighted by Gasteiger charge is 2.50. The highest BCUT2D eigenvalue weighted by molar-refractivity contribution is 5.99. The molecule has 12 heteroatoms. The van der Waals surface area contributed by atoms with E-state index in [2.05, 4.69) is 25.6 Å². The molecule has 4 atom stereocenters. The van der Waals surface area contributed by atoms with E-state index in [1.54, 1.807) is 6.92 Å². The van der Waals surface area contributed by atoms with Crippen molar-refractivity contribution < 1.29 is 37.9 Å². The zero-order valence-corrected chi connectivity index (χ0v) is 20.3. The van der Waals surface area contributed by atoms with E-state index in [9.17, 15) is 19.2 Å². The molecule has 3 N–H and O–H groups in total. The van der Waals surface area contributed by atoms with Crippen molar-refractivity contribution in [1.82, 2.24) is 21.1 Å². The fourth-order valence-electron chi connectivity index (χ4n) is 3.48. The van der Waals surface area contributed by atoms with Crippen molar-refractivity contribution in [3.05, 3.63) is 53.9 Å². The Morgan fingerprint density at radius 2 is 1.53 bits per heavy atom. The fourth-order valence-corrected chi connectivity index (χ4v) is 3.48. The third-order valence-electron chi connectivity index (χ3n) is 5.61. The van der Waals surface area contributed by atoms with Crippen molar-refractivity contribution in [1.29, 1.82) is 0 Å². The smallest absolute Gasteiger partial charge is 0.274 e. The van der Waals surface area contributed by atoms with Crippen LogP contribution in [0.2, 0.25) is 0 Å². The summed E-state index contributed by atoms with van der Waals surface area (Å²) >= 11 is 0. The van der Waals surface area contributed by atoms with E-state index in [1.165, 1.54) is 26.5 Å². The lowest BCUT2D eigenvalue weighted by Gasteiger charge is -2.25. The lowest BCUT2D eigenvalue weighted by molar-refractivity contribution is -0.134. The number of benzene rings is 1. The maximum atomic E-state index is 13.2. The molecule has 1 fully saturated rings. The first-order chi connectivity index (χ1) is 17.3. The largest absolute Gasteiger partial charge is 0.382 e. The van der Waals surface area contributed by atoms with Crippen LogP contribution in [0.5, 0.6) is 0 Å². The summed E-state index contributed by atoms with van der Waals surface area (Å²) in [5.74, 6) is -2.23. The van der Waals surface area contributed by atoms with E-state index >= 15 is 0 Å². The third-order valence-corrected chi connectivity index (χ3v) is 5.61. The molecule has 2 aromatic rings. The maximum absolute atomic E-state index is 13.2. The van der Waals surface area contributed by atoms with E-state index in [0.717, 1.165) is 5.56 Å². The Kier molecular flexibility index (Phi) is 9.28. The lowest BCUT2D eigenvalue weighted by Crippen LogP contribution is -2.59.